The summed E-state index contributed by atoms with van der Waals surface area (Å²) in [5, 5.41) is 2.91. The van der Waals surface area contributed by atoms with Crippen molar-refractivity contribution >= 4 is 21.8 Å². The summed E-state index contributed by atoms with van der Waals surface area (Å²) in [6, 6.07) is 14.9. The molecule has 0 spiro atoms. The van der Waals surface area contributed by atoms with E-state index in [1.165, 1.54) is 11.4 Å². The molecule has 2 rings (SSSR count). The predicted molar refractivity (Wildman–Crippen MR) is 136 cm³/mol. The molecule has 0 aliphatic heterocycles. The minimum atomic E-state index is -3.63. The molecule has 35 heavy (non-hydrogen) atoms. The van der Waals surface area contributed by atoms with Gasteiger partial charge in [0, 0.05) is 32.6 Å². The number of benzene rings is 2. The zero-order chi connectivity index (χ0) is 26.0. The van der Waals surface area contributed by atoms with Gasteiger partial charge in [-0.2, -0.15) is 0 Å². The van der Waals surface area contributed by atoms with E-state index in [-0.39, 0.29) is 42.3 Å². The molecule has 1 N–H and O–H groups in total. The number of nitrogens with zero attached hydrogens (tertiary/aromatic N) is 2. The molecule has 0 aliphatic rings. The van der Waals surface area contributed by atoms with E-state index in [9.17, 15) is 18.0 Å². The maximum absolute atomic E-state index is 13.3. The maximum atomic E-state index is 13.3. The molecule has 0 heterocycles. The average molecular weight is 504 g/mol. The van der Waals surface area contributed by atoms with Gasteiger partial charge in [-0.25, -0.2) is 12.7 Å². The van der Waals surface area contributed by atoms with Crippen LogP contribution in [-0.2, 0) is 26.2 Å². The van der Waals surface area contributed by atoms with Gasteiger partial charge in [0.15, 0.2) is 0 Å². The lowest BCUT2D eigenvalue weighted by Gasteiger charge is -2.31. The van der Waals surface area contributed by atoms with E-state index in [1.807, 2.05) is 45.0 Å². The van der Waals surface area contributed by atoms with Crippen molar-refractivity contribution in [1.29, 1.82) is 0 Å². The molecule has 0 fully saturated rings. The van der Waals surface area contributed by atoms with Gasteiger partial charge >= 0.3 is 0 Å². The fraction of sp³-hybridized carbons (Fsp3) is 0.462. The van der Waals surface area contributed by atoms with E-state index in [0.29, 0.717) is 18.6 Å². The molecule has 192 valence electrons. The number of hydrogen-bond acceptors (Lipinski definition) is 5. The van der Waals surface area contributed by atoms with Crippen LogP contribution in [0.2, 0.25) is 0 Å². The highest BCUT2D eigenvalue weighted by molar-refractivity contribution is 7.89. The molecule has 0 radical (unpaired) electrons. The second-order valence-electron chi connectivity index (χ2n) is 8.70. The lowest BCUT2D eigenvalue weighted by atomic mass is 10.1. The first-order chi connectivity index (χ1) is 16.6. The van der Waals surface area contributed by atoms with E-state index in [0.717, 1.165) is 5.56 Å². The molecule has 0 saturated carbocycles. The van der Waals surface area contributed by atoms with E-state index in [4.69, 9.17) is 4.74 Å². The van der Waals surface area contributed by atoms with Crippen molar-refractivity contribution in [2.24, 2.45) is 0 Å². The lowest BCUT2D eigenvalue weighted by Crippen LogP contribution is -2.50. The monoisotopic (exact) mass is 503 g/mol. The molecule has 2 aromatic carbocycles. The molecule has 1 atom stereocenters. The van der Waals surface area contributed by atoms with Crippen molar-refractivity contribution in [3.63, 3.8) is 0 Å². The maximum Gasteiger partial charge on any atom is 0.243 e. The third-order valence-corrected chi connectivity index (χ3v) is 7.51. The van der Waals surface area contributed by atoms with Crippen LogP contribution in [0.15, 0.2) is 59.5 Å². The number of ether oxygens (including phenoxy) is 1. The van der Waals surface area contributed by atoms with E-state index < -0.39 is 16.1 Å². The summed E-state index contributed by atoms with van der Waals surface area (Å²) >= 11 is 0. The lowest BCUT2D eigenvalue weighted by molar-refractivity contribution is -0.141. The summed E-state index contributed by atoms with van der Waals surface area (Å²) in [7, 11) is -0.534. The van der Waals surface area contributed by atoms with Gasteiger partial charge < -0.3 is 15.0 Å². The number of carbonyl (C=O) groups is 2. The van der Waals surface area contributed by atoms with Crippen molar-refractivity contribution in [1.82, 2.24) is 14.5 Å². The smallest absolute Gasteiger partial charge is 0.243 e. The average Bonchev–Trinajstić information content (AvgIpc) is 2.84. The molecular formula is C26H37N3O5S. The molecule has 2 aromatic rings. The summed E-state index contributed by atoms with van der Waals surface area (Å²) in [6.45, 7) is 6.09. The topological polar surface area (TPSA) is 96.0 Å². The van der Waals surface area contributed by atoms with Gasteiger partial charge in [-0.3, -0.25) is 9.59 Å². The first-order valence-electron chi connectivity index (χ1n) is 11.8. The van der Waals surface area contributed by atoms with E-state index in [2.05, 4.69) is 5.32 Å². The number of rotatable bonds is 13. The molecule has 8 nitrogen and oxygen atoms in total. The quantitative estimate of drug-likeness (QED) is 0.452. The van der Waals surface area contributed by atoms with E-state index >= 15 is 0 Å². The Hall–Kier alpha value is -2.91. The summed E-state index contributed by atoms with van der Waals surface area (Å²) < 4.78 is 32.0. The van der Waals surface area contributed by atoms with Crippen LogP contribution in [0.3, 0.4) is 0 Å². The van der Waals surface area contributed by atoms with Crippen LogP contribution in [0.4, 0.5) is 0 Å². The second kappa shape index (κ2) is 13.3. The van der Waals surface area contributed by atoms with Gasteiger partial charge in [-0.1, -0.05) is 37.3 Å². The van der Waals surface area contributed by atoms with Crippen molar-refractivity contribution in [3.8, 4) is 5.75 Å². The Bertz CT molecular complexity index is 1060. The highest BCUT2D eigenvalue weighted by atomic mass is 32.2. The van der Waals surface area contributed by atoms with Crippen molar-refractivity contribution in [2.45, 2.75) is 63.6 Å². The summed E-state index contributed by atoms with van der Waals surface area (Å²) in [4.78, 5) is 28.0. The standard InChI is InChI=1S/C26H37N3O5S/c1-6-24(26(31)27-20(2)3)29(19-21-14-16-22(34-5)17-15-21)25(30)13-10-18-28(4)35(32,33)23-11-8-7-9-12-23/h7-9,11-12,14-17,20,24H,6,10,13,18-19H2,1-5H3,(H,27,31)/t24-/m1/s1. The van der Waals surface area contributed by atoms with Crippen molar-refractivity contribution in [3.05, 3.63) is 60.2 Å². The van der Waals surface area contributed by atoms with Gasteiger partial charge in [-0.05, 0) is 56.5 Å². The Kier molecular flexibility index (Phi) is 10.7. The zero-order valence-electron chi connectivity index (χ0n) is 21.2. The number of sulfonamides is 1. The Morgan fingerprint density at radius 2 is 1.66 bits per heavy atom. The molecule has 0 bridgehead atoms. The van der Waals surface area contributed by atoms with Gasteiger partial charge in [0.2, 0.25) is 21.8 Å². The molecule has 0 saturated heterocycles. The second-order valence-corrected chi connectivity index (χ2v) is 10.7. The predicted octanol–water partition coefficient (Wildman–Crippen LogP) is 3.43. The number of hydrogen-bond donors (Lipinski definition) is 1. The van der Waals surface area contributed by atoms with Crippen LogP contribution < -0.4 is 10.1 Å². The largest absolute Gasteiger partial charge is 0.497 e. The molecule has 0 aliphatic carbocycles. The molecule has 2 amide bonds. The minimum absolute atomic E-state index is 0.0497. The van der Waals surface area contributed by atoms with Crippen LogP contribution >= 0.6 is 0 Å². The van der Waals surface area contributed by atoms with Crippen LogP contribution in [-0.4, -0.2) is 62.2 Å². The Morgan fingerprint density at radius 1 is 1.03 bits per heavy atom. The van der Waals surface area contributed by atoms with Gasteiger partial charge in [0.25, 0.3) is 0 Å². The van der Waals surface area contributed by atoms with Crippen molar-refractivity contribution in [2.75, 3.05) is 20.7 Å². The normalized spacial score (nSPS) is 12.4. The summed E-state index contributed by atoms with van der Waals surface area (Å²) in [5.41, 5.74) is 0.874. The number of methoxy groups -OCH3 is 1. The Labute approximate surface area is 209 Å². The van der Waals surface area contributed by atoms with Gasteiger partial charge in [0.1, 0.15) is 11.8 Å². The first-order valence-corrected chi connectivity index (χ1v) is 13.3. The Morgan fingerprint density at radius 3 is 2.20 bits per heavy atom. The molecular weight excluding hydrogens is 466 g/mol. The number of nitrogens with one attached hydrogen (secondary N) is 1. The van der Waals surface area contributed by atoms with Gasteiger partial charge in [0.05, 0.1) is 12.0 Å². The minimum Gasteiger partial charge on any atom is -0.497 e. The first kappa shape index (κ1) is 28.3. The molecule has 0 aromatic heterocycles. The van der Waals surface area contributed by atoms with Crippen LogP contribution in [0.1, 0.15) is 45.6 Å². The van der Waals surface area contributed by atoms with Crippen molar-refractivity contribution < 1.29 is 22.7 Å². The van der Waals surface area contributed by atoms with Gasteiger partial charge in [-0.15, -0.1) is 0 Å². The van der Waals surface area contributed by atoms with Crippen LogP contribution in [0, 0.1) is 0 Å². The molecule has 0 unspecified atom stereocenters. The van der Waals surface area contributed by atoms with Crippen LogP contribution in [0.25, 0.3) is 0 Å². The SMILES string of the molecule is CC[C@H](C(=O)NC(C)C)N(Cc1ccc(OC)cc1)C(=O)CCCN(C)S(=O)(=O)c1ccccc1. The number of amides is 2. The third-order valence-electron chi connectivity index (χ3n) is 5.64. The highest BCUT2D eigenvalue weighted by Crippen LogP contribution is 2.18. The third kappa shape index (κ3) is 8.07. The highest BCUT2D eigenvalue weighted by Gasteiger charge is 2.29. The molecule has 9 heteroatoms. The summed E-state index contributed by atoms with van der Waals surface area (Å²) in [6.07, 6.45) is 0.918. The number of carbonyl (C=O) groups excluding carboxylic acids is 2. The summed E-state index contributed by atoms with van der Waals surface area (Å²) in [5.74, 6) is 0.309. The fourth-order valence-corrected chi connectivity index (χ4v) is 4.95. The zero-order valence-corrected chi connectivity index (χ0v) is 22.0. The fourth-order valence-electron chi connectivity index (χ4n) is 3.72. The van der Waals surface area contributed by atoms with Crippen LogP contribution in [0.5, 0.6) is 5.75 Å². The Balaban J connectivity index is 2.13. The van der Waals surface area contributed by atoms with E-state index in [1.54, 1.807) is 42.3 Å².